The molecule has 2 N–H and O–H groups in total. The maximum Gasteiger partial charge on any atom is 0.191 e. The van der Waals surface area contributed by atoms with E-state index in [4.69, 9.17) is 13.9 Å². The van der Waals surface area contributed by atoms with Crippen molar-refractivity contribution in [2.75, 3.05) is 26.3 Å². The highest BCUT2D eigenvalue weighted by atomic mass is 16.5. The number of nitrogens with one attached hydrogen (secondary N) is 2. The molecule has 0 bridgehead atoms. The summed E-state index contributed by atoms with van der Waals surface area (Å²) in [5.74, 6) is 2.46. The largest absolute Gasteiger partial charge is 0.489 e. The summed E-state index contributed by atoms with van der Waals surface area (Å²) in [5.41, 5.74) is 1.04. The predicted octanol–water partition coefficient (Wildman–Crippen LogP) is 3.51. The van der Waals surface area contributed by atoms with E-state index >= 15 is 0 Å². The fourth-order valence-electron chi connectivity index (χ4n) is 2.38. The highest BCUT2D eigenvalue weighted by Gasteiger charge is 2.03. The molecule has 0 unspecified atom stereocenters. The first-order valence-corrected chi connectivity index (χ1v) is 9.27. The third kappa shape index (κ3) is 8.00. The molecule has 0 saturated carbocycles. The molecule has 1 aromatic carbocycles. The molecular formula is C21H29N3O3. The summed E-state index contributed by atoms with van der Waals surface area (Å²) >= 11 is 0. The first-order valence-electron chi connectivity index (χ1n) is 9.27. The van der Waals surface area contributed by atoms with Crippen molar-refractivity contribution >= 4 is 5.96 Å². The minimum Gasteiger partial charge on any atom is -0.489 e. The molecule has 2 rings (SSSR count). The maximum absolute atomic E-state index is 5.68. The van der Waals surface area contributed by atoms with Gasteiger partial charge in [0, 0.05) is 25.3 Å². The van der Waals surface area contributed by atoms with Gasteiger partial charge in [-0.2, -0.15) is 0 Å². The Morgan fingerprint density at radius 3 is 2.89 bits per heavy atom. The molecule has 0 spiro atoms. The van der Waals surface area contributed by atoms with Crippen molar-refractivity contribution in [2.24, 2.45) is 4.99 Å². The van der Waals surface area contributed by atoms with Crippen molar-refractivity contribution in [3.8, 4) is 5.75 Å². The number of hydrogen-bond donors (Lipinski definition) is 2. The first kappa shape index (κ1) is 20.6. The fourth-order valence-corrected chi connectivity index (χ4v) is 2.38. The Kier molecular flexibility index (Phi) is 9.60. The van der Waals surface area contributed by atoms with Crippen LogP contribution in [-0.4, -0.2) is 32.3 Å². The standard InChI is InChI=1S/C21H29N3O3/c1-3-13-27-20-11-6-5-9-18(20)16-24-21(22-4-2)23-12-8-14-25-17-19-10-7-15-26-19/h3,5-7,9-11,15H,1,4,8,12-14,16-17H2,2H3,(H2,22,23,24). The van der Waals surface area contributed by atoms with E-state index in [9.17, 15) is 0 Å². The van der Waals surface area contributed by atoms with E-state index < -0.39 is 0 Å². The fraction of sp³-hybridized carbons (Fsp3) is 0.381. The average molecular weight is 371 g/mol. The maximum atomic E-state index is 5.68. The SMILES string of the molecule is C=CCOc1ccccc1CN=C(NCC)NCCCOCc1ccco1. The lowest BCUT2D eigenvalue weighted by atomic mass is 10.2. The lowest BCUT2D eigenvalue weighted by molar-refractivity contribution is 0.105. The summed E-state index contributed by atoms with van der Waals surface area (Å²) in [5, 5.41) is 6.58. The third-order valence-electron chi connectivity index (χ3n) is 3.66. The van der Waals surface area contributed by atoms with Gasteiger partial charge >= 0.3 is 0 Å². The molecule has 27 heavy (non-hydrogen) atoms. The summed E-state index contributed by atoms with van der Waals surface area (Å²) in [6, 6.07) is 11.7. The average Bonchev–Trinajstić information content (AvgIpc) is 3.21. The van der Waals surface area contributed by atoms with Crippen molar-refractivity contribution in [1.82, 2.24) is 10.6 Å². The minimum atomic E-state index is 0.483. The molecule has 1 heterocycles. The number of para-hydroxylation sites is 1. The van der Waals surface area contributed by atoms with E-state index in [0.29, 0.717) is 26.4 Å². The lowest BCUT2D eigenvalue weighted by Crippen LogP contribution is -2.38. The minimum absolute atomic E-state index is 0.483. The number of ether oxygens (including phenoxy) is 2. The van der Waals surface area contributed by atoms with Gasteiger partial charge in [-0.15, -0.1) is 0 Å². The number of hydrogen-bond acceptors (Lipinski definition) is 4. The van der Waals surface area contributed by atoms with Gasteiger partial charge in [0.05, 0.1) is 12.8 Å². The van der Waals surface area contributed by atoms with Crippen molar-refractivity contribution in [3.63, 3.8) is 0 Å². The quantitative estimate of drug-likeness (QED) is 0.259. The zero-order valence-electron chi connectivity index (χ0n) is 15.9. The van der Waals surface area contributed by atoms with Crippen molar-refractivity contribution in [2.45, 2.75) is 26.5 Å². The van der Waals surface area contributed by atoms with Gasteiger partial charge in [0.15, 0.2) is 5.96 Å². The van der Waals surface area contributed by atoms with Crippen LogP contribution in [0.15, 0.2) is 64.7 Å². The summed E-state index contributed by atoms with van der Waals surface area (Å²) in [6.45, 7) is 9.49. The van der Waals surface area contributed by atoms with Gasteiger partial charge in [0.2, 0.25) is 0 Å². The number of guanidine groups is 1. The number of benzene rings is 1. The molecule has 0 atom stereocenters. The van der Waals surface area contributed by atoms with E-state index in [1.807, 2.05) is 43.3 Å². The third-order valence-corrected chi connectivity index (χ3v) is 3.66. The van der Waals surface area contributed by atoms with Gasteiger partial charge in [0.25, 0.3) is 0 Å². The molecule has 0 saturated heterocycles. The Bertz CT molecular complexity index is 684. The number of furan rings is 1. The number of rotatable bonds is 12. The smallest absolute Gasteiger partial charge is 0.191 e. The molecule has 146 valence electrons. The molecule has 6 heteroatoms. The first-order chi connectivity index (χ1) is 13.3. The Hall–Kier alpha value is -2.73. The zero-order chi connectivity index (χ0) is 19.2. The van der Waals surface area contributed by atoms with Crippen LogP contribution in [0.25, 0.3) is 0 Å². The van der Waals surface area contributed by atoms with Gasteiger partial charge in [-0.05, 0) is 31.5 Å². The van der Waals surface area contributed by atoms with Crippen LogP contribution in [0.3, 0.4) is 0 Å². The predicted molar refractivity (Wildman–Crippen MR) is 108 cm³/mol. The summed E-state index contributed by atoms with van der Waals surface area (Å²) in [4.78, 5) is 4.64. The van der Waals surface area contributed by atoms with Crippen LogP contribution >= 0.6 is 0 Å². The second kappa shape index (κ2) is 12.6. The monoisotopic (exact) mass is 371 g/mol. The second-order valence-electron chi connectivity index (χ2n) is 5.81. The van der Waals surface area contributed by atoms with Crippen LogP contribution in [0, 0.1) is 0 Å². The van der Waals surface area contributed by atoms with Gasteiger partial charge < -0.3 is 24.5 Å². The molecule has 0 radical (unpaired) electrons. The van der Waals surface area contributed by atoms with E-state index in [1.54, 1.807) is 12.3 Å². The van der Waals surface area contributed by atoms with E-state index in [0.717, 1.165) is 42.5 Å². The van der Waals surface area contributed by atoms with E-state index in [2.05, 4.69) is 22.2 Å². The number of aliphatic imine (C=N–C) groups is 1. The zero-order valence-corrected chi connectivity index (χ0v) is 15.9. The molecule has 0 aliphatic heterocycles. The Labute approximate surface area is 161 Å². The molecular weight excluding hydrogens is 342 g/mol. The Balaban J connectivity index is 1.75. The van der Waals surface area contributed by atoms with Crippen LogP contribution in [-0.2, 0) is 17.9 Å². The van der Waals surface area contributed by atoms with Crippen LogP contribution < -0.4 is 15.4 Å². The molecule has 0 aliphatic carbocycles. The molecule has 6 nitrogen and oxygen atoms in total. The van der Waals surface area contributed by atoms with Crippen LogP contribution in [0.4, 0.5) is 0 Å². The summed E-state index contributed by atoms with van der Waals surface area (Å²) in [7, 11) is 0. The van der Waals surface area contributed by atoms with Crippen LogP contribution in [0.5, 0.6) is 5.75 Å². The highest BCUT2D eigenvalue weighted by Crippen LogP contribution is 2.18. The van der Waals surface area contributed by atoms with Crippen LogP contribution in [0.2, 0.25) is 0 Å². The second-order valence-corrected chi connectivity index (χ2v) is 5.81. The highest BCUT2D eigenvalue weighted by molar-refractivity contribution is 5.79. The van der Waals surface area contributed by atoms with Gasteiger partial charge in [-0.1, -0.05) is 30.9 Å². The molecule has 0 aliphatic rings. The van der Waals surface area contributed by atoms with Gasteiger partial charge in [0.1, 0.15) is 24.7 Å². The molecule has 2 aromatic rings. The van der Waals surface area contributed by atoms with Crippen molar-refractivity contribution in [1.29, 1.82) is 0 Å². The molecule has 0 fully saturated rings. The lowest BCUT2D eigenvalue weighted by Gasteiger charge is -2.12. The number of nitrogens with zero attached hydrogens (tertiary/aromatic N) is 1. The Morgan fingerprint density at radius 1 is 1.22 bits per heavy atom. The molecule has 0 amide bonds. The topological polar surface area (TPSA) is 68.0 Å². The normalized spacial score (nSPS) is 11.2. The Morgan fingerprint density at radius 2 is 2.11 bits per heavy atom. The van der Waals surface area contributed by atoms with Crippen molar-refractivity contribution in [3.05, 3.63) is 66.6 Å². The summed E-state index contributed by atoms with van der Waals surface area (Å²) in [6.07, 6.45) is 4.27. The van der Waals surface area contributed by atoms with Gasteiger partial charge in [-0.3, -0.25) is 0 Å². The van der Waals surface area contributed by atoms with E-state index in [-0.39, 0.29) is 0 Å². The van der Waals surface area contributed by atoms with E-state index in [1.165, 1.54) is 0 Å². The summed E-state index contributed by atoms with van der Waals surface area (Å²) < 4.78 is 16.5. The van der Waals surface area contributed by atoms with Crippen LogP contribution in [0.1, 0.15) is 24.7 Å². The van der Waals surface area contributed by atoms with Crippen molar-refractivity contribution < 1.29 is 13.9 Å². The van der Waals surface area contributed by atoms with Gasteiger partial charge in [-0.25, -0.2) is 4.99 Å². The molecule has 1 aromatic heterocycles.